The van der Waals surface area contributed by atoms with Gasteiger partial charge in [0.05, 0.1) is 21.5 Å². The number of rotatable bonds is 7. The van der Waals surface area contributed by atoms with E-state index in [2.05, 4.69) is 26.1 Å². The predicted octanol–water partition coefficient (Wildman–Crippen LogP) is 5.87. The summed E-state index contributed by atoms with van der Waals surface area (Å²) in [7, 11) is 1.58. The van der Waals surface area contributed by atoms with E-state index in [1.807, 2.05) is 49.4 Å². The maximum atomic E-state index is 13.0. The van der Waals surface area contributed by atoms with Crippen molar-refractivity contribution in [1.82, 2.24) is 10.2 Å². The van der Waals surface area contributed by atoms with Gasteiger partial charge in [0, 0.05) is 0 Å². The van der Waals surface area contributed by atoms with E-state index in [0.29, 0.717) is 28.0 Å². The highest BCUT2D eigenvalue weighted by Gasteiger charge is 2.39. The number of allylic oxidation sites excluding steroid dienone is 1. The Balaban J connectivity index is 1.57. The lowest BCUT2D eigenvalue weighted by Crippen LogP contribution is -2.11. The van der Waals surface area contributed by atoms with E-state index in [0.717, 1.165) is 27.0 Å². The van der Waals surface area contributed by atoms with Gasteiger partial charge in [0.25, 0.3) is 0 Å². The zero-order valence-electron chi connectivity index (χ0n) is 17.4. The molecule has 4 rings (SSSR count). The van der Waals surface area contributed by atoms with E-state index < -0.39 is 5.92 Å². The van der Waals surface area contributed by atoms with Crippen LogP contribution in [0.2, 0.25) is 0 Å². The van der Waals surface area contributed by atoms with Crippen LogP contribution in [0, 0.1) is 5.41 Å². The van der Waals surface area contributed by atoms with Crippen LogP contribution in [0.15, 0.2) is 51.8 Å². The molecule has 0 amide bonds. The fourth-order valence-electron chi connectivity index (χ4n) is 3.18. The van der Waals surface area contributed by atoms with Gasteiger partial charge >= 0.3 is 0 Å². The van der Waals surface area contributed by atoms with Gasteiger partial charge in [-0.05, 0) is 51.7 Å². The minimum Gasteiger partial charge on any atom is -0.493 e. The van der Waals surface area contributed by atoms with Gasteiger partial charge in [0.15, 0.2) is 17.3 Å². The Labute approximate surface area is 202 Å². The number of halogens is 1. The number of thioether (sulfide) groups is 1. The molecule has 1 aliphatic rings. The van der Waals surface area contributed by atoms with Gasteiger partial charge in [-0.25, -0.2) is 0 Å². The molecule has 164 valence electrons. The van der Waals surface area contributed by atoms with Crippen LogP contribution in [0.5, 0.6) is 11.5 Å². The number of nitrogens with one attached hydrogen (secondary N) is 1. The molecule has 2 aromatic carbocycles. The van der Waals surface area contributed by atoms with Gasteiger partial charge in [-0.15, -0.1) is 21.5 Å². The first-order valence-corrected chi connectivity index (χ1v) is 12.3. The molecule has 2 heterocycles. The minimum atomic E-state index is -0.664. The number of nitrogens with zero attached hydrogens (tertiary/aromatic N) is 2. The van der Waals surface area contributed by atoms with E-state index >= 15 is 0 Å². The number of carbonyl (C=O) groups excluding carboxylic acids is 1. The highest BCUT2D eigenvalue weighted by molar-refractivity contribution is 9.10. The number of benzene rings is 2. The van der Waals surface area contributed by atoms with Crippen molar-refractivity contribution in [3.63, 3.8) is 0 Å². The number of Topliss-reactive ketones (excluding diaryl/α,β-unsaturated/α-hetero) is 1. The maximum absolute atomic E-state index is 13.0. The number of aromatic nitrogens is 2. The molecule has 0 spiro atoms. The summed E-state index contributed by atoms with van der Waals surface area (Å²) in [5.74, 6) is 0.359. The van der Waals surface area contributed by atoms with Crippen LogP contribution in [-0.2, 0) is 17.8 Å². The Morgan fingerprint density at radius 2 is 2.00 bits per heavy atom. The van der Waals surface area contributed by atoms with E-state index in [9.17, 15) is 4.79 Å². The lowest BCUT2D eigenvalue weighted by atomic mass is 10.0. The van der Waals surface area contributed by atoms with Gasteiger partial charge in [-0.3, -0.25) is 10.2 Å². The monoisotopic (exact) mass is 529 g/mol. The second-order valence-corrected chi connectivity index (χ2v) is 10.00. The third-order valence-corrected chi connectivity index (χ3v) is 7.51. The van der Waals surface area contributed by atoms with Crippen LogP contribution in [-0.4, -0.2) is 28.1 Å². The standard InChI is InChI=1S/C23H20BrN3O3S2/c1-3-18-26-27-23(32-18)19-20(28)17(31-22(19)25)11-14-9-15(24)21(16(10-14)29-2)30-12-13-7-5-4-6-8-13/h4-11,19,25H,3,12H2,1-2H3/b17-11-,25-22?/t19-/m0/s1. The van der Waals surface area contributed by atoms with Crippen molar-refractivity contribution in [2.75, 3.05) is 7.11 Å². The van der Waals surface area contributed by atoms with E-state index in [4.69, 9.17) is 14.9 Å². The molecule has 1 aliphatic heterocycles. The third kappa shape index (κ3) is 4.79. The van der Waals surface area contributed by atoms with Crippen molar-refractivity contribution in [2.45, 2.75) is 25.9 Å². The summed E-state index contributed by atoms with van der Waals surface area (Å²) in [6, 6.07) is 13.6. The lowest BCUT2D eigenvalue weighted by Gasteiger charge is -2.14. The number of hydrogen-bond acceptors (Lipinski definition) is 8. The number of methoxy groups -OCH3 is 1. The molecule has 9 heteroatoms. The molecule has 0 aliphatic carbocycles. The van der Waals surface area contributed by atoms with Crippen LogP contribution in [0.1, 0.15) is 34.0 Å². The van der Waals surface area contributed by atoms with Gasteiger partial charge in [-0.1, -0.05) is 49.0 Å². The predicted molar refractivity (Wildman–Crippen MR) is 132 cm³/mol. The first-order valence-electron chi connectivity index (χ1n) is 9.88. The van der Waals surface area contributed by atoms with E-state index in [1.165, 1.54) is 23.1 Å². The summed E-state index contributed by atoms with van der Waals surface area (Å²) in [6.07, 6.45) is 2.53. The summed E-state index contributed by atoms with van der Waals surface area (Å²) in [5.41, 5.74) is 1.82. The van der Waals surface area contributed by atoms with Crippen molar-refractivity contribution in [2.24, 2.45) is 0 Å². The molecule has 0 radical (unpaired) electrons. The third-order valence-electron chi connectivity index (χ3n) is 4.79. The number of aryl methyl sites for hydroxylation is 1. The Morgan fingerprint density at radius 1 is 1.22 bits per heavy atom. The molecular formula is C23H20BrN3O3S2. The molecule has 1 fully saturated rings. The Kier molecular flexibility index (Phi) is 7.07. The number of ketones is 1. The van der Waals surface area contributed by atoms with Crippen LogP contribution in [0.3, 0.4) is 0 Å². The van der Waals surface area contributed by atoms with Crippen molar-refractivity contribution < 1.29 is 14.3 Å². The Bertz CT molecular complexity index is 1190. The highest BCUT2D eigenvalue weighted by Crippen LogP contribution is 2.43. The Hall–Kier alpha value is -2.49. The smallest absolute Gasteiger partial charge is 0.186 e. The first-order chi connectivity index (χ1) is 15.5. The fourth-order valence-corrected chi connectivity index (χ4v) is 5.71. The van der Waals surface area contributed by atoms with E-state index in [1.54, 1.807) is 13.2 Å². The zero-order chi connectivity index (χ0) is 22.7. The topological polar surface area (TPSA) is 85.2 Å². The van der Waals surface area contributed by atoms with Crippen LogP contribution >= 0.6 is 39.0 Å². The van der Waals surface area contributed by atoms with Crippen LogP contribution in [0.25, 0.3) is 6.08 Å². The molecule has 1 aromatic heterocycles. The first kappa shape index (κ1) is 22.7. The average molecular weight is 530 g/mol. The average Bonchev–Trinajstić information content (AvgIpc) is 3.37. The molecule has 0 bridgehead atoms. The SMILES string of the molecule is CCc1nnc([C@@H]2C(=N)S/C(=C\c3cc(Br)c(OCc4ccccc4)c(OC)c3)C2=O)s1. The molecule has 0 saturated carbocycles. The summed E-state index contributed by atoms with van der Waals surface area (Å²) in [4.78, 5) is 13.5. The van der Waals surface area contributed by atoms with Gasteiger partial charge in [0.2, 0.25) is 0 Å². The number of hydrogen-bond donors (Lipinski definition) is 1. The summed E-state index contributed by atoms with van der Waals surface area (Å²) in [5, 5.41) is 18.3. The highest BCUT2D eigenvalue weighted by atomic mass is 79.9. The molecule has 1 saturated heterocycles. The van der Waals surface area contributed by atoms with Crippen molar-refractivity contribution >= 4 is 55.9 Å². The van der Waals surface area contributed by atoms with Crippen molar-refractivity contribution in [3.8, 4) is 11.5 Å². The normalized spacial score (nSPS) is 17.2. The second-order valence-electron chi connectivity index (χ2n) is 6.97. The quantitative estimate of drug-likeness (QED) is 0.385. The van der Waals surface area contributed by atoms with Gasteiger partial charge < -0.3 is 9.47 Å². The van der Waals surface area contributed by atoms with Crippen molar-refractivity contribution in [3.05, 3.63) is 73.0 Å². The van der Waals surface area contributed by atoms with Crippen LogP contribution < -0.4 is 9.47 Å². The molecule has 1 N–H and O–H groups in total. The molecule has 3 aromatic rings. The van der Waals surface area contributed by atoms with Crippen molar-refractivity contribution in [1.29, 1.82) is 5.41 Å². The maximum Gasteiger partial charge on any atom is 0.186 e. The molecule has 1 atom stereocenters. The second kappa shape index (κ2) is 9.97. The Morgan fingerprint density at radius 3 is 2.69 bits per heavy atom. The molecule has 0 unspecified atom stereocenters. The molecule has 6 nitrogen and oxygen atoms in total. The van der Waals surface area contributed by atoms with Gasteiger partial charge in [0.1, 0.15) is 22.5 Å². The molecule has 32 heavy (non-hydrogen) atoms. The van der Waals surface area contributed by atoms with Crippen LogP contribution in [0.4, 0.5) is 0 Å². The fraction of sp³-hybridized carbons (Fsp3) is 0.217. The summed E-state index contributed by atoms with van der Waals surface area (Å²) >= 11 is 6.12. The zero-order valence-corrected chi connectivity index (χ0v) is 20.6. The molecular weight excluding hydrogens is 510 g/mol. The summed E-state index contributed by atoms with van der Waals surface area (Å²) in [6.45, 7) is 2.40. The van der Waals surface area contributed by atoms with E-state index in [-0.39, 0.29) is 10.8 Å². The number of carbonyl (C=O) groups is 1. The largest absolute Gasteiger partial charge is 0.493 e. The lowest BCUT2D eigenvalue weighted by molar-refractivity contribution is -0.114. The number of ether oxygens (including phenoxy) is 2. The minimum absolute atomic E-state index is 0.127. The summed E-state index contributed by atoms with van der Waals surface area (Å²) < 4.78 is 12.2. The van der Waals surface area contributed by atoms with Gasteiger partial charge in [-0.2, -0.15) is 0 Å².